The van der Waals surface area contributed by atoms with Gasteiger partial charge in [-0.15, -0.1) is 0 Å². The van der Waals surface area contributed by atoms with Gasteiger partial charge in [0.05, 0.1) is 11.6 Å². The second-order valence-corrected chi connectivity index (χ2v) is 4.49. The smallest absolute Gasteiger partial charge is 0.226 e. The van der Waals surface area contributed by atoms with E-state index >= 15 is 0 Å². The Kier molecular flexibility index (Phi) is 2.96. The molecule has 2 N–H and O–H groups in total. The molecule has 0 fully saturated rings. The van der Waals surface area contributed by atoms with Crippen LogP contribution < -0.4 is 5.32 Å². The van der Waals surface area contributed by atoms with Gasteiger partial charge in [-0.3, -0.25) is 5.10 Å². The number of rotatable bonds is 3. The average Bonchev–Trinajstić information content (AvgIpc) is 2.65. The van der Waals surface area contributed by atoms with Crippen molar-refractivity contribution in [2.75, 3.05) is 5.32 Å². The number of nitrogens with one attached hydrogen (secondary N) is 2. The molecule has 0 saturated carbocycles. The largest absolute Gasteiger partial charge is 0.367 e. The van der Waals surface area contributed by atoms with Crippen LogP contribution in [0.15, 0.2) is 6.20 Å². The number of aromatic amines is 1. The molecule has 2 aromatic heterocycles. The molecule has 86 valence electrons. The van der Waals surface area contributed by atoms with Crippen LogP contribution in [0.3, 0.4) is 0 Å². The number of halogens is 1. The molecule has 0 amide bonds. The van der Waals surface area contributed by atoms with E-state index < -0.39 is 0 Å². The Morgan fingerprint density at radius 3 is 2.75 bits per heavy atom. The van der Waals surface area contributed by atoms with E-state index in [-0.39, 0.29) is 5.28 Å². The lowest BCUT2D eigenvalue weighted by Gasteiger charge is -2.18. The highest BCUT2D eigenvalue weighted by molar-refractivity contribution is 6.28. The minimum Gasteiger partial charge on any atom is -0.367 e. The van der Waals surface area contributed by atoms with Gasteiger partial charge >= 0.3 is 0 Å². The summed E-state index contributed by atoms with van der Waals surface area (Å²) in [4.78, 5) is 8.22. The van der Waals surface area contributed by atoms with Gasteiger partial charge in [-0.1, -0.05) is 13.8 Å². The van der Waals surface area contributed by atoms with Crippen molar-refractivity contribution in [1.82, 2.24) is 20.2 Å². The minimum atomic E-state index is 0.218. The van der Waals surface area contributed by atoms with Crippen molar-refractivity contribution in [1.29, 1.82) is 0 Å². The van der Waals surface area contributed by atoms with E-state index in [0.29, 0.717) is 17.6 Å². The van der Waals surface area contributed by atoms with Crippen LogP contribution in [-0.2, 0) is 0 Å². The summed E-state index contributed by atoms with van der Waals surface area (Å²) in [6, 6.07) is 0.309. The third-order valence-corrected chi connectivity index (χ3v) is 2.82. The lowest BCUT2D eigenvalue weighted by atomic mass is 10.1. The van der Waals surface area contributed by atoms with E-state index in [2.05, 4.69) is 46.3 Å². The summed E-state index contributed by atoms with van der Waals surface area (Å²) in [5.41, 5.74) is 0.651. The van der Waals surface area contributed by atoms with Crippen molar-refractivity contribution >= 4 is 28.5 Å². The first-order valence-corrected chi connectivity index (χ1v) is 5.59. The van der Waals surface area contributed by atoms with Crippen LogP contribution in [0.2, 0.25) is 5.28 Å². The molecule has 0 aliphatic heterocycles. The average molecular weight is 240 g/mol. The quantitative estimate of drug-likeness (QED) is 0.808. The predicted molar refractivity (Wildman–Crippen MR) is 64.6 cm³/mol. The Hall–Kier alpha value is -1.36. The maximum absolute atomic E-state index is 5.83. The van der Waals surface area contributed by atoms with Gasteiger partial charge in [-0.05, 0) is 24.4 Å². The molecule has 0 saturated heterocycles. The normalized spacial score (nSPS) is 13.3. The summed E-state index contributed by atoms with van der Waals surface area (Å²) in [5.74, 6) is 1.24. The molecule has 16 heavy (non-hydrogen) atoms. The predicted octanol–water partition coefficient (Wildman–Crippen LogP) is 2.46. The Bertz CT molecular complexity index is 493. The summed E-state index contributed by atoms with van der Waals surface area (Å²) >= 11 is 5.83. The van der Waals surface area contributed by atoms with E-state index in [1.54, 1.807) is 6.20 Å². The van der Waals surface area contributed by atoms with Gasteiger partial charge in [0.2, 0.25) is 5.28 Å². The first-order valence-electron chi connectivity index (χ1n) is 5.21. The SMILES string of the molecule is CC(C)C(C)Nc1nc(Cl)nc2[nH]ncc12. The van der Waals surface area contributed by atoms with Gasteiger partial charge in [-0.2, -0.15) is 15.1 Å². The fourth-order valence-electron chi connectivity index (χ4n) is 1.30. The van der Waals surface area contributed by atoms with Gasteiger partial charge in [0.15, 0.2) is 5.65 Å². The zero-order chi connectivity index (χ0) is 11.7. The van der Waals surface area contributed by atoms with Crippen molar-refractivity contribution in [3.63, 3.8) is 0 Å². The number of fused-ring (bicyclic) bond motifs is 1. The van der Waals surface area contributed by atoms with Crippen molar-refractivity contribution in [2.45, 2.75) is 26.8 Å². The molecule has 0 aromatic carbocycles. The molecular formula is C10H14ClN5. The van der Waals surface area contributed by atoms with Crippen LogP contribution in [-0.4, -0.2) is 26.2 Å². The number of hydrogen-bond acceptors (Lipinski definition) is 4. The van der Waals surface area contributed by atoms with Crippen molar-refractivity contribution in [3.05, 3.63) is 11.5 Å². The summed E-state index contributed by atoms with van der Waals surface area (Å²) < 4.78 is 0. The molecule has 0 bridgehead atoms. The zero-order valence-electron chi connectivity index (χ0n) is 9.45. The van der Waals surface area contributed by atoms with E-state index in [1.807, 2.05) is 0 Å². The van der Waals surface area contributed by atoms with E-state index in [9.17, 15) is 0 Å². The Morgan fingerprint density at radius 1 is 1.31 bits per heavy atom. The van der Waals surface area contributed by atoms with Crippen LogP contribution >= 0.6 is 11.6 Å². The van der Waals surface area contributed by atoms with Crippen molar-refractivity contribution in [2.24, 2.45) is 5.92 Å². The maximum Gasteiger partial charge on any atom is 0.226 e. The lowest BCUT2D eigenvalue weighted by Crippen LogP contribution is -2.22. The molecule has 2 heterocycles. The summed E-state index contributed by atoms with van der Waals surface area (Å²) in [6.07, 6.45) is 1.70. The minimum absolute atomic E-state index is 0.218. The highest BCUT2D eigenvalue weighted by atomic mass is 35.5. The van der Waals surface area contributed by atoms with E-state index in [1.165, 1.54) is 0 Å². The summed E-state index contributed by atoms with van der Waals surface area (Å²) in [7, 11) is 0. The fraction of sp³-hybridized carbons (Fsp3) is 0.500. The summed E-state index contributed by atoms with van der Waals surface area (Å²) in [5, 5.41) is 11.1. The second kappa shape index (κ2) is 4.25. The number of H-pyrrole nitrogens is 1. The summed E-state index contributed by atoms with van der Waals surface area (Å²) in [6.45, 7) is 6.40. The first-order chi connectivity index (χ1) is 7.58. The number of aromatic nitrogens is 4. The fourth-order valence-corrected chi connectivity index (χ4v) is 1.47. The second-order valence-electron chi connectivity index (χ2n) is 4.15. The molecule has 2 rings (SSSR count). The standard InChI is InChI=1S/C10H14ClN5/c1-5(2)6(3)13-8-7-4-12-16-9(7)15-10(11)14-8/h4-6H,1-3H3,(H2,12,13,14,15,16). The number of hydrogen-bond donors (Lipinski definition) is 2. The van der Waals surface area contributed by atoms with Crippen LogP contribution in [0.4, 0.5) is 5.82 Å². The molecule has 2 aromatic rings. The molecule has 0 spiro atoms. The first kappa shape index (κ1) is 11.1. The third-order valence-electron chi connectivity index (χ3n) is 2.65. The molecule has 5 nitrogen and oxygen atoms in total. The molecule has 6 heteroatoms. The molecule has 1 atom stereocenters. The van der Waals surface area contributed by atoms with Crippen molar-refractivity contribution < 1.29 is 0 Å². The Balaban J connectivity index is 2.39. The number of anilines is 1. The van der Waals surface area contributed by atoms with Crippen molar-refractivity contribution in [3.8, 4) is 0 Å². The molecule has 1 unspecified atom stereocenters. The maximum atomic E-state index is 5.83. The van der Waals surface area contributed by atoms with E-state index in [0.717, 1.165) is 11.2 Å². The zero-order valence-corrected chi connectivity index (χ0v) is 10.2. The van der Waals surface area contributed by atoms with Gasteiger partial charge in [0.25, 0.3) is 0 Å². The van der Waals surface area contributed by atoms with Gasteiger partial charge in [0, 0.05) is 6.04 Å². The molecule has 0 aliphatic carbocycles. The molecule has 0 aliphatic rings. The van der Waals surface area contributed by atoms with E-state index in [4.69, 9.17) is 11.6 Å². The Labute approximate surface area is 98.6 Å². The number of nitrogens with zero attached hydrogens (tertiary/aromatic N) is 3. The van der Waals surface area contributed by atoms with Crippen LogP contribution in [0.25, 0.3) is 11.0 Å². The third kappa shape index (κ3) is 2.09. The van der Waals surface area contributed by atoms with Gasteiger partial charge in [-0.25, -0.2) is 0 Å². The van der Waals surface area contributed by atoms with Crippen LogP contribution in [0, 0.1) is 5.92 Å². The topological polar surface area (TPSA) is 66.5 Å². The van der Waals surface area contributed by atoms with Gasteiger partial charge in [0.1, 0.15) is 5.82 Å². The highest BCUT2D eigenvalue weighted by Gasteiger charge is 2.12. The Morgan fingerprint density at radius 2 is 2.06 bits per heavy atom. The van der Waals surface area contributed by atoms with Gasteiger partial charge < -0.3 is 5.32 Å². The molecule has 0 radical (unpaired) electrons. The van der Waals surface area contributed by atoms with Crippen LogP contribution in [0.5, 0.6) is 0 Å². The van der Waals surface area contributed by atoms with Crippen LogP contribution in [0.1, 0.15) is 20.8 Å². The highest BCUT2D eigenvalue weighted by Crippen LogP contribution is 2.21. The monoisotopic (exact) mass is 239 g/mol. The molecular weight excluding hydrogens is 226 g/mol. The lowest BCUT2D eigenvalue weighted by molar-refractivity contribution is 0.559.